The number of nitro benzene ring substituents is 1. The lowest BCUT2D eigenvalue weighted by Crippen LogP contribution is -2.24. The number of nitrogens with one attached hydrogen (secondary N) is 1. The molecule has 1 aliphatic heterocycles. The van der Waals surface area contributed by atoms with Crippen LogP contribution < -0.4 is 14.8 Å². The molecule has 1 aliphatic rings. The summed E-state index contributed by atoms with van der Waals surface area (Å²) in [5.74, 6) is 0.0693. The third kappa shape index (κ3) is 4.26. The summed E-state index contributed by atoms with van der Waals surface area (Å²) < 4.78 is 17.0. The van der Waals surface area contributed by atoms with Crippen molar-refractivity contribution in [2.45, 2.75) is 13.0 Å². The van der Waals surface area contributed by atoms with Crippen molar-refractivity contribution >= 4 is 33.9 Å². The number of fused-ring (bicyclic) bond motifs is 1. The van der Waals surface area contributed by atoms with Gasteiger partial charge in [0.05, 0.1) is 11.5 Å². The summed E-state index contributed by atoms with van der Waals surface area (Å²) in [6, 6.07) is 12.4. The van der Waals surface area contributed by atoms with Crippen molar-refractivity contribution in [1.29, 1.82) is 0 Å². The molecule has 0 saturated carbocycles. The Hall–Kier alpha value is -3.92. The highest BCUT2D eigenvalue weighted by atomic mass is 32.1. The Morgan fingerprint density at radius 3 is 2.59 bits per heavy atom. The highest BCUT2D eigenvalue weighted by molar-refractivity contribution is 7.15. The third-order valence-corrected chi connectivity index (χ3v) is 5.64. The number of hydrogen-bond acceptors (Lipinski definition) is 8. The van der Waals surface area contributed by atoms with Crippen LogP contribution in [0.1, 0.15) is 39.3 Å². The zero-order valence-corrected chi connectivity index (χ0v) is 17.7. The highest BCUT2D eigenvalue weighted by Gasteiger charge is 2.31. The van der Waals surface area contributed by atoms with Gasteiger partial charge in [-0.05, 0) is 31.2 Å². The minimum Gasteiger partial charge on any atom is -0.485 e. The number of anilines is 1. The van der Waals surface area contributed by atoms with Gasteiger partial charge in [0, 0.05) is 28.6 Å². The molecule has 2 aromatic carbocycles. The van der Waals surface area contributed by atoms with E-state index in [-0.39, 0.29) is 30.0 Å². The zero-order chi connectivity index (χ0) is 22.7. The van der Waals surface area contributed by atoms with Gasteiger partial charge in [0.2, 0.25) is 0 Å². The van der Waals surface area contributed by atoms with Crippen molar-refractivity contribution in [3.05, 3.63) is 80.7 Å². The number of amides is 1. The largest absolute Gasteiger partial charge is 0.485 e. The summed E-state index contributed by atoms with van der Waals surface area (Å²) in [6.07, 6.45) is -0.564. The van der Waals surface area contributed by atoms with Gasteiger partial charge in [-0.1, -0.05) is 12.1 Å². The number of nitro groups is 1. The van der Waals surface area contributed by atoms with Crippen LogP contribution in [0.25, 0.3) is 0 Å². The number of benzene rings is 2. The molecule has 9 nitrogen and oxygen atoms in total. The SMILES string of the molecule is CCOC(=O)c1c([C@@H]2COc3ccccc3O2)csc1NC(=O)c1ccc([N+](=O)[O-])cc1. The fraction of sp³-hybridized carbons (Fsp3) is 0.182. The van der Waals surface area contributed by atoms with Crippen LogP contribution in [0.3, 0.4) is 0 Å². The molecular formula is C22H18N2O7S. The van der Waals surface area contributed by atoms with E-state index in [0.29, 0.717) is 22.1 Å². The van der Waals surface area contributed by atoms with Crippen molar-refractivity contribution in [3.63, 3.8) is 0 Å². The highest BCUT2D eigenvalue weighted by Crippen LogP contribution is 2.40. The Labute approximate surface area is 186 Å². The molecule has 0 unspecified atom stereocenters. The first-order valence-corrected chi connectivity index (χ1v) is 10.6. The zero-order valence-electron chi connectivity index (χ0n) is 16.9. The maximum atomic E-state index is 12.7. The second kappa shape index (κ2) is 9.06. The molecule has 3 aromatic rings. The maximum Gasteiger partial charge on any atom is 0.341 e. The summed E-state index contributed by atoms with van der Waals surface area (Å²) in [5.41, 5.74) is 0.829. The number of ether oxygens (including phenoxy) is 3. The fourth-order valence-electron chi connectivity index (χ4n) is 3.20. The molecule has 0 aliphatic carbocycles. The monoisotopic (exact) mass is 454 g/mol. The third-order valence-electron chi connectivity index (χ3n) is 4.72. The molecule has 1 N–H and O–H groups in total. The first-order valence-electron chi connectivity index (χ1n) is 9.70. The average Bonchev–Trinajstić information content (AvgIpc) is 3.22. The topological polar surface area (TPSA) is 117 Å². The second-order valence-corrected chi connectivity index (χ2v) is 7.62. The number of carbonyl (C=O) groups excluding carboxylic acids is 2. The first kappa shape index (κ1) is 21.3. The number of para-hydroxylation sites is 2. The fourth-order valence-corrected chi connectivity index (χ4v) is 4.18. The van der Waals surface area contributed by atoms with Crippen LogP contribution in [0, 0.1) is 10.1 Å². The van der Waals surface area contributed by atoms with Crippen molar-refractivity contribution in [2.75, 3.05) is 18.5 Å². The maximum absolute atomic E-state index is 12.7. The molecular weight excluding hydrogens is 436 g/mol. The number of hydrogen-bond donors (Lipinski definition) is 1. The summed E-state index contributed by atoms with van der Waals surface area (Å²) in [4.78, 5) is 35.7. The number of nitrogens with zero attached hydrogens (tertiary/aromatic N) is 1. The van der Waals surface area contributed by atoms with Crippen LogP contribution >= 0.6 is 11.3 Å². The molecule has 0 fully saturated rings. The summed E-state index contributed by atoms with van der Waals surface area (Å²) in [5, 5.41) is 15.5. The minimum atomic E-state index is -0.592. The van der Waals surface area contributed by atoms with Crippen molar-refractivity contribution < 1.29 is 28.7 Å². The Morgan fingerprint density at radius 1 is 1.19 bits per heavy atom. The molecule has 1 atom stereocenters. The van der Waals surface area contributed by atoms with E-state index >= 15 is 0 Å². The van der Waals surface area contributed by atoms with Crippen LogP contribution in [0.15, 0.2) is 53.9 Å². The Morgan fingerprint density at radius 2 is 1.91 bits per heavy atom. The van der Waals surface area contributed by atoms with E-state index in [1.807, 2.05) is 12.1 Å². The number of non-ortho nitro benzene ring substituents is 1. The van der Waals surface area contributed by atoms with E-state index in [9.17, 15) is 19.7 Å². The molecule has 2 heterocycles. The Balaban J connectivity index is 1.61. The number of rotatable bonds is 6. The first-order chi connectivity index (χ1) is 15.5. The van der Waals surface area contributed by atoms with Gasteiger partial charge in [0.15, 0.2) is 17.6 Å². The molecule has 0 bridgehead atoms. The molecule has 1 aromatic heterocycles. The van der Waals surface area contributed by atoms with E-state index in [4.69, 9.17) is 14.2 Å². The predicted octanol–water partition coefficient (Wildman–Crippen LogP) is 4.60. The van der Waals surface area contributed by atoms with Crippen molar-refractivity contribution in [1.82, 2.24) is 0 Å². The summed E-state index contributed by atoms with van der Waals surface area (Å²) in [6.45, 7) is 2.04. The van der Waals surface area contributed by atoms with E-state index in [1.54, 1.807) is 24.4 Å². The predicted molar refractivity (Wildman–Crippen MR) is 117 cm³/mol. The van der Waals surface area contributed by atoms with Crippen LogP contribution in [0.2, 0.25) is 0 Å². The van der Waals surface area contributed by atoms with Gasteiger partial charge in [-0.3, -0.25) is 14.9 Å². The molecule has 0 radical (unpaired) electrons. The van der Waals surface area contributed by atoms with Crippen LogP contribution in [-0.2, 0) is 4.74 Å². The smallest absolute Gasteiger partial charge is 0.341 e. The van der Waals surface area contributed by atoms with E-state index in [1.165, 1.54) is 24.3 Å². The van der Waals surface area contributed by atoms with Gasteiger partial charge in [-0.25, -0.2) is 4.79 Å². The van der Waals surface area contributed by atoms with Crippen LogP contribution in [0.4, 0.5) is 10.7 Å². The minimum absolute atomic E-state index is 0.123. The standard InChI is InChI=1S/C22H18N2O7S/c1-2-29-22(26)19-15(18-11-30-16-5-3-4-6-17(16)31-18)12-32-21(19)23-20(25)13-7-9-14(10-8-13)24(27)28/h3-10,12,18H,2,11H2,1H3,(H,23,25)/t18-/m0/s1. The second-order valence-electron chi connectivity index (χ2n) is 6.74. The van der Waals surface area contributed by atoms with E-state index in [2.05, 4.69) is 5.32 Å². The Kier molecular flexibility index (Phi) is 6.04. The quantitative estimate of drug-likeness (QED) is 0.329. The van der Waals surface area contributed by atoms with Gasteiger partial charge >= 0.3 is 5.97 Å². The van der Waals surface area contributed by atoms with Gasteiger partial charge in [0.25, 0.3) is 11.6 Å². The Bertz CT molecular complexity index is 1170. The van der Waals surface area contributed by atoms with Gasteiger partial charge in [0.1, 0.15) is 17.2 Å². The van der Waals surface area contributed by atoms with Crippen LogP contribution in [-0.4, -0.2) is 30.0 Å². The van der Waals surface area contributed by atoms with Crippen molar-refractivity contribution in [3.8, 4) is 11.5 Å². The normalized spacial score (nSPS) is 14.5. The number of thiophene rings is 1. The van der Waals surface area contributed by atoms with Crippen LogP contribution in [0.5, 0.6) is 11.5 Å². The van der Waals surface area contributed by atoms with Gasteiger partial charge in [-0.15, -0.1) is 11.3 Å². The molecule has 32 heavy (non-hydrogen) atoms. The molecule has 0 spiro atoms. The lowest BCUT2D eigenvalue weighted by molar-refractivity contribution is -0.384. The molecule has 4 rings (SSSR count). The summed E-state index contributed by atoms with van der Waals surface area (Å²) >= 11 is 1.16. The molecule has 10 heteroatoms. The van der Waals surface area contributed by atoms with E-state index < -0.39 is 22.9 Å². The molecule has 0 saturated heterocycles. The van der Waals surface area contributed by atoms with Gasteiger partial charge < -0.3 is 19.5 Å². The van der Waals surface area contributed by atoms with Crippen molar-refractivity contribution in [2.24, 2.45) is 0 Å². The summed E-state index contributed by atoms with van der Waals surface area (Å²) in [7, 11) is 0. The molecule has 1 amide bonds. The van der Waals surface area contributed by atoms with E-state index in [0.717, 1.165) is 11.3 Å². The lowest BCUT2D eigenvalue weighted by atomic mass is 10.1. The lowest BCUT2D eigenvalue weighted by Gasteiger charge is -2.26. The number of esters is 1. The average molecular weight is 454 g/mol. The van der Waals surface area contributed by atoms with Gasteiger partial charge in [-0.2, -0.15) is 0 Å². The molecule has 164 valence electrons. The number of carbonyl (C=O) groups is 2.